The van der Waals surface area contributed by atoms with Gasteiger partial charge in [-0.15, -0.1) is 0 Å². The van der Waals surface area contributed by atoms with Gasteiger partial charge in [0.1, 0.15) is 5.82 Å². The van der Waals surface area contributed by atoms with E-state index in [0.29, 0.717) is 19.4 Å². The van der Waals surface area contributed by atoms with Crippen molar-refractivity contribution in [2.45, 2.75) is 18.4 Å². The number of rotatable bonds is 2. The largest absolute Gasteiger partial charge is 0.388 e. The van der Waals surface area contributed by atoms with Crippen molar-refractivity contribution in [2.24, 2.45) is 0 Å². The Balaban J connectivity index is 2.10. The van der Waals surface area contributed by atoms with E-state index < -0.39 is 5.60 Å². The Morgan fingerprint density at radius 3 is 3.07 bits per heavy atom. The topological polar surface area (TPSA) is 45.2 Å². The van der Waals surface area contributed by atoms with Gasteiger partial charge in [-0.3, -0.25) is 4.98 Å². The summed E-state index contributed by atoms with van der Waals surface area (Å²) >= 11 is 0. The van der Waals surface area contributed by atoms with Crippen molar-refractivity contribution in [3.05, 3.63) is 29.8 Å². The first-order chi connectivity index (χ1) is 6.68. The van der Waals surface area contributed by atoms with E-state index in [4.69, 9.17) is 0 Å². The van der Waals surface area contributed by atoms with Gasteiger partial charge in [-0.05, 0) is 24.6 Å². The van der Waals surface area contributed by atoms with Gasteiger partial charge in [-0.25, -0.2) is 4.39 Å². The lowest BCUT2D eigenvalue weighted by Gasteiger charge is -2.20. The van der Waals surface area contributed by atoms with Crippen LogP contribution < -0.4 is 5.32 Å². The summed E-state index contributed by atoms with van der Waals surface area (Å²) in [5.41, 5.74) is 0.0198. The normalized spacial score (nSPS) is 26.7. The van der Waals surface area contributed by atoms with Crippen LogP contribution in [0.5, 0.6) is 0 Å². The molecule has 1 unspecified atom stereocenters. The molecule has 1 atom stereocenters. The second-order valence-corrected chi connectivity index (χ2v) is 3.84. The van der Waals surface area contributed by atoms with Gasteiger partial charge >= 0.3 is 0 Å². The number of halogens is 1. The van der Waals surface area contributed by atoms with Crippen molar-refractivity contribution in [2.75, 3.05) is 13.1 Å². The molecule has 4 heteroatoms. The van der Waals surface area contributed by atoms with E-state index in [1.54, 1.807) is 6.20 Å². The number of aromatic nitrogens is 1. The molecule has 0 aliphatic carbocycles. The molecule has 0 radical (unpaired) electrons. The summed E-state index contributed by atoms with van der Waals surface area (Å²) in [4.78, 5) is 3.75. The van der Waals surface area contributed by atoms with Crippen LogP contribution in [0.4, 0.5) is 4.39 Å². The number of nitrogens with zero attached hydrogens (tertiary/aromatic N) is 1. The fourth-order valence-electron chi connectivity index (χ4n) is 1.81. The van der Waals surface area contributed by atoms with E-state index in [1.807, 2.05) is 0 Å². The molecular weight excluding hydrogens is 183 g/mol. The highest BCUT2D eigenvalue weighted by atomic mass is 19.1. The van der Waals surface area contributed by atoms with Crippen molar-refractivity contribution < 1.29 is 9.50 Å². The summed E-state index contributed by atoms with van der Waals surface area (Å²) in [5.74, 6) is -0.350. The van der Waals surface area contributed by atoms with Crippen molar-refractivity contribution in [1.29, 1.82) is 0 Å². The quantitative estimate of drug-likeness (QED) is 0.723. The van der Waals surface area contributed by atoms with Gasteiger partial charge in [0.25, 0.3) is 0 Å². The standard InChI is InChI=1S/C10H13FN2O/c11-9-3-8(5-13-6-9)4-10(14)1-2-12-7-10/h3,5-6,12,14H,1-2,4,7H2. The molecule has 1 aromatic rings. The molecule has 0 saturated carbocycles. The number of pyridine rings is 1. The first kappa shape index (κ1) is 9.55. The predicted octanol–water partition coefficient (Wildman–Crippen LogP) is 0.488. The lowest BCUT2D eigenvalue weighted by atomic mass is 9.95. The summed E-state index contributed by atoms with van der Waals surface area (Å²) in [6, 6.07) is 1.42. The zero-order valence-electron chi connectivity index (χ0n) is 7.83. The highest BCUT2D eigenvalue weighted by Gasteiger charge is 2.31. The van der Waals surface area contributed by atoms with Crippen LogP contribution >= 0.6 is 0 Å². The van der Waals surface area contributed by atoms with Crippen molar-refractivity contribution >= 4 is 0 Å². The number of β-amino-alcohol motifs (C(OH)–C–C–N with tert-alkyl or cyclic N) is 1. The third-order valence-corrected chi connectivity index (χ3v) is 2.52. The second-order valence-electron chi connectivity index (χ2n) is 3.84. The number of hydrogen-bond donors (Lipinski definition) is 2. The Morgan fingerprint density at radius 2 is 2.43 bits per heavy atom. The molecule has 1 aliphatic rings. The molecule has 0 bridgehead atoms. The maximum absolute atomic E-state index is 12.8. The maximum atomic E-state index is 12.8. The highest BCUT2D eigenvalue weighted by molar-refractivity contribution is 5.14. The molecule has 1 fully saturated rings. The van der Waals surface area contributed by atoms with E-state index in [9.17, 15) is 9.50 Å². The molecule has 2 rings (SSSR count). The zero-order valence-corrected chi connectivity index (χ0v) is 7.83. The summed E-state index contributed by atoms with van der Waals surface area (Å²) in [6.07, 6.45) is 3.94. The van der Waals surface area contributed by atoms with Gasteiger partial charge < -0.3 is 10.4 Å². The van der Waals surface area contributed by atoms with Crippen LogP contribution in [0.15, 0.2) is 18.5 Å². The maximum Gasteiger partial charge on any atom is 0.141 e. The van der Waals surface area contributed by atoms with Crippen LogP contribution in [0.25, 0.3) is 0 Å². The minimum Gasteiger partial charge on any atom is -0.388 e. The molecule has 0 amide bonds. The highest BCUT2D eigenvalue weighted by Crippen LogP contribution is 2.20. The molecule has 1 saturated heterocycles. The van der Waals surface area contributed by atoms with E-state index >= 15 is 0 Å². The van der Waals surface area contributed by atoms with Gasteiger partial charge in [-0.2, -0.15) is 0 Å². The monoisotopic (exact) mass is 196 g/mol. The lowest BCUT2D eigenvalue weighted by Crippen LogP contribution is -2.33. The van der Waals surface area contributed by atoms with Crippen LogP contribution in [0, 0.1) is 5.82 Å². The predicted molar refractivity (Wildman–Crippen MR) is 50.3 cm³/mol. The van der Waals surface area contributed by atoms with Crippen LogP contribution in [0.2, 0.25) is 0 Å². The second kappa shape index (κ2) is 3.63. The molecule has 14 heavy (non-hydrogen) atoms. The van der Waals surface area contributed by atoms with Crippen molar-refractivity contribution in [3.63, 3.8) is 0 Å². The molecular formula is C10H13FN2O. The smallest absolute Gasteiger partial charge is 0.141 e. The van der Waals surface area contributed by atoms with Crippen LogP contribution in [0.1, 0.15) is 12.0 Å². The Hall–Kier alpha value is -1.00. The Kier molecular flexibility index (Phi) is 2.48. The zero-order chi connectivity index (χ0) is 10.0. The van der Waals surface area contributed by atoms with Gasteiger partial charge in [-0.1, -0.05) is 0 Å². The fraction of sp³-hybridized carbons (Fsp3) is 0.500. The summed E-state index contributed by atoms with van der Waals surface area (Å²) in [6.45, 7) is 1.39. The van der Waals surface area contributed by atoms with Gasteiger partial charge in [0.05, 0.1) is 11.8 Å². The van der Waals surface area contributed by atoms with Gasteiger partial charge in [0.2, 0.25) is 0 Å². The van der Waals surface area contributed by atoms with E-state index in [1.165, 1.54) is 12.3 Å². The average molecular weight is 196 g/mol. The fourth-order valence-corrected chi connectivity index (χ4v) is 1.81. The number of aliphatic hydroxyl groups is 1. The van der Waals surface area contributed by atoms with Crippen LogP contribution in [-0.4, -0.2) is 28.8 Å². The van der Waals surface area contributed by atoms with E-state index in [0.717, 1.165) is 12.1 Å². The molecule has 0 spiro atoms. The van der Waals surface area contributed by atoms with Crippen molar-refractivity contribution in [1.82, 2.24) is 10.3 Å². The van der Waals surface area contributed by atoms with Gasteiger partial charge in [0, 0.05) is 19.2 Å². The molecule has 2 N–H and O–H groups in total. The minimum atomic E-state index is -0.727. The van der Waals surface area contributed by atoms with Crippen LogP contribution in [0.3, 0.4) is 0 Å². The summed E-state index contributed by atoms with van der Waals surface area (Å²) in [5, 5.41) is 13.1. The SMILES string of the molecule is OC1(Cc2cncc(F)c2)CCNC1. The van der Waals surface area contributed by atoms with Crippen LogP contribution in [-0.2, 0) is 6.42 Å². The van der Waals surface area contributed by atoms with E-state index in [-0.39, 0.29) is 5.82 Å². The minimum absolute atomic E-state index is 0.350. The molecule has 3 nitrogen and oxygen atoms in total. The number of hydrogen-bond acceptors (Lipinski definition) is 3. The number of nitrogens with one attached hydrogen (secondary N) is 1. The lowest BCUT2D eigenvalue weighted by molar-refractivity contribution is 0.0617. The molecule has 1 aliphatic heterocycles. The molecule has 76 valence electrons. The first-order valence-electron chi connectivity index (χ1n) is 4.71. The Morgan fingerprint density at radius 1 is 1.57 bits per heavy atom. The Bertz CT molecular complexity index is 324. The van der Waals surface area contributed by atoms with Crippen molar-refractivity contribution in [3.8, 4) is 0 Å². The third-order valence-electron chi connectivity index (χ3n) is 2.52. The molecule has 1 aromatic heterocycles. The summed E-state index contributed by atoms with van der Waals surface area (Å²) in [7, 11) is 0. The molecule has 2 heterocycles. The van der Waals surface area contributed by atoms with E-state index in [2.05, 4.69) is 10.3 Å². The first-order valence-corrected chi connectivity index (χ1v) is 4.71. The third kappa shape index (κ3) is 2.08. The van der Waals surface area contributed by atoms with Gasteiger partial charge in [0.15, 0.2) is 0 Å². The average Bonchev–Trinajstić information content (AvgIpc) is 2.51. The molecule has 0 aromatic carbocycles. The Labute approximate surface area is 82.0 Å². The summed E-state index contributed by atoms with van der Waals surface area (Å²) < 4.78 is 12.8.